The predicted octanol–water partition coefficient (Wildman–Crippen LogP) is 3.49. The van der Waals surface area contributed by atoms with Crippen LogP contribution >= 0.6 is 11.3 Å². The zero-order chi connectivity index (χ0) is 15.4. The molecule has 2 aromatic rings. The molecule has 2 rings (SSSR count). The lowest BCUT2D eigenvalue weighted by Gasteiger charge is -2.07. The first-order valence-electron chi connectivity index (χ1n) is 6.02. The molecule has 0 atom stereocenters. The number of hydrogen-bond donors (Lipinski definition) is 1. The number of hydrogen-bond acceptors (Lipinski definition) is 4. The first-order chi connectivity index (χ1) is 9.99. The third-order valence-electron chi connectivity index (χ3n) is 2.71. The Morgan fingerprint density at radius 1 is 1.19 bits per heavy atom. The molecule has 1 aromatic heterocycles. The van der Waals surface area contributed by atoms with Crippen LogP contribution in [-0.4, -0.2) is 13.1 Å². The number of carbonyl (C=O) groups excluding carboxylic acids is 1. The van der Waals surface area contributed by atoms with E-state index in [1.54, 1.807) is 12.1 Å². The van der Waals surface area contributed by atoms with Gasteiger partial charge in [0.15, 0.2) is 11.6 Å². The van der Waals surface area contributed by atoms with E-state index in [1.165, 1.54) is 18.4 Å². The molecule has 1 N–H and O–H groups in total. The molecule has 0 spiro atoms. The van der Waals surface area contributed by atoms with Crippen molar-refractivity contribution in [2.24, 2.45) is 0 Å². The molecule has 1 heterocycles. The van der Waals surface area contributed by atoms with Gasteiger partial charge < -0.3 is 10.1 Å². The van der Waals surface area contributed by atoms with Crippen LogP contribution in [0.5, 0.6) is 0 Å². The van der Waals surface area contributed by atoms with Crippen molar-refractivity contribution in [3.63, 3.8) is 0 Å². The van der Waals surface area contributed by atoms with E-state index in [9.17, 15) is 18.0 Å². The number of carbonyl (C=O) groups is 1. The Hall–Kier alpha value is -2.02. The maximum absolute atomic E-state index is 13.4. The van der Waals surface area contributed by atoms with Crippen LogP contribution in [0.4, 0.5) is 18.9 Å². The van der Waals surface area contributed by atoms with Gasteiger partial charge >= 0.3 is 5.97 Å². The zero-order valence-corrected chi connectivity index (χ0v) is 11.9. The van der Waals surface area contributed by atoms with Gasteiger partial charge in [0, 0.05) is 28.4 Å². The highest BCUT2D eigenvalue weighted by atomic mass is 32.1. The summed E-state index contributed by atoms with van der Waals surface area (Å²) < 4.78 is 44.2. The van der Waals surface area contributed by atoms with Gasteiger partial charge in [0.1, 0.15) is 11.5 Å². The van der Waals surface area contributed by atoms with Crippen LogP contribution in [0.2, 0.25) is 0 Å². The largest absolute Gasteiger partial charge is 0.469 e. The first-order valence-corrected chi connectivity index (χ1v) is 6.84. The molecular weight excluding hydrogens is 303 g/mol. The molecule has 7 heteroatoms. The molecule has 0 aliphatic heterocycles. The van der Waals surface area contributed by atoms with Gasteiger partial charge in [0.05, 0.1) is 13.5 Å². The van der Waals surface area contributed by atoms with Crippen molar-refractivity contribution < 1.29 is 22.7 Å². The molecule has 1 aromatic carbocycles. The summed E-state index contributed by atoms with van der Waals surface area (Å²) in [7, 11) is 1.30. The number of rotatable bonds is 5. The summed E-state index contributed by atoms with van der Waals surface area (Å²) in [5.74, 6) is -3.29. The second kappa shape index (κ2) is 6.62. The lowest BCUT2D eigenvalue weighted by molar-refractivity contribution is -0.139. The summed E-state index contributed by atoms with van der Waals surface area (Å²) in [6.45, 7) is 0.172. The number of nitrogens with one attached hydrogen (secondary N) is 1. The Kier molecular flexibility index (Phi) is 4.85. The van der Waals surface area contributed by atoms with E-state index in [0.29, 0.717) is 12.1 Å². The third kappa shape index (κ3) is 3.98. The Bertz CT molecular complexity index is 634. The van der Waals surface area contributed by atoms with E-state index in [0.717, 1.165) is 9.75 Å². The van der Waals surface area contributed by atoms with Crippen LogP contribution in [0.1, 0.15) is 9.75 Å². The summed E-state index contributed by atoms with van der Waals surface area (Å²) in [5, 5.41) is 2.58. The van der Waals surface area contributed by atoms with Gasteiger partial charge in [0.2, 0.25) is 0 Å². The van der Waals surface area contributed by atoms with Crippen molar-refractivity contribution in [3.05, 3.63) is 51.5 Å². The van der Waals surface area contributed by atoms with E-state index < -0.39 is 17.5 Å². The Morgan fingerprint density at radius 3 is 2.43 bits per heavy atom. The molecule has 21 heavy (non-hydrogen) atoms. The molecule has 0 unspecified atom stereocenters. The Balaban J connectivity index is 2.02. The minimum atomic E-state index is -0.987. The summed E-state index contributed by atoms with van der Waals surface area (Å²) in [6.07, 6.45) is 0.153. The fourth-order valence-corrected chi connectivity index (χ4v) is 2.66. The van der Waals surface area contributed by atoms with E-state index in [4.69, 9.17) is 0 Å². The fraction of sp³-hybridized carbons (Fsp3) is 0.214. The summed E-state index contributed by atoms with van der Waals surface area (Å²) in [5.41, 5.74) is -0.376. The summed E-state index contributed by atoms with van der Waals surface area (Å²) in [6, 6.07) is 4.72. The second-order valence-electron chi connectivity index (χ2n) is 4.22. The van der Waals surface area contributed by atoms with Gasteiger partial charge in [-0.25, -0.2) is 13.2 Å². The van der Waals surface area contributed by atoms with E-state index >= 15 is 0 Å². The molecule has 0 saturated heterocycles. The molecule has 3 nitrogen and oxygen atoms in total. The van der Waals surface area contributed by atoms with Crippen LogP contribution < -0.4 is 5.32 Å². The van der Waals surface area contributed by atoms with Gasteiger partial charge in [-0.3, -0.25) is 4.79 Å². The monoisotopic (exact) mass is 315 g/mol. The minimum absolute atomic E-state index is 0.153. The Morgan fingerprint density at radius 2 is 1.81 bits per heavy atom. The molecule has 0 aliphatic rings. The molecular formula is C14H12F3NO2S. The van der Waals surface area contributed by atoms with Crippen molar-refractivity contribution in [3.8, 4) is 0 Å². The average Bonchev–Trinajstić information content (AvgIpc) is 2.85. The van der Waals surface area contributed by atoms with Gasteiger partial charge in [-0.2, -0.15) is 0 Å². The molecule has 0 bridgehead atoms. The number of halogens is 3. The van der Waals surface area contributed by atoms with Crippen LogP contribution in [0, 0.1) is 17.5 Å². The SMILES string of the molecule is COC(=O)Cc1ccc(CNc2c(F)cc(F)cc2F)s1. The van der Waals surface area contributed by atoms with Crippen molar-refractivity contribution in [1.29, 1.82) is 0 Å². The normalized spacial score (nSPS) is 10.5. The molecule has 0 amide bonds. The van der Waals surface area contributed by atoms with E-state index in [-0.39, 0.29) is 24.6 Å². The Labute approximate surface area is 123 Å². The van der Waals surface area contributed by atoms with Crippen LogP contribution in [-0.2, 0) is 22.5 Å². The highest BCUT2D eigenvalue weighted by molar-refractivity contribution is 7.12. The van der Waals surface area contributed by atoms with Crippen LogP contribution in [0.25, 0.3) is 0 Å². The van der Waals surface area contributed by atoms with E-state index in [1.807, 2.05) is 0 Å². The lowest BCUT2D eigenvalue weighted by atomic mass is 10.2. The van der Waals surface area contributed by atoms with E-state index in [2.05, 4.69) is 10.1 Å². The maximum atomic E-state index is 13.4. The quantitative estimate of drug-likeness (QED) is 0.858. The number of benzene rings is 1. The second-order valence-corrected chi connectivity index (χ2v) is 5.47. The third-order valence-corrected chi connectivity index (χ3v) is 3.80. The first kappa shape index (κ1) is 15.4. The average molecular weight is 315 g/mol. The predicted molar refractivity (Wildman–Crippen MR) is 73.7 cm³/mol. The lowest BCUT2D eigenvalue weighted by Crippen LogP contribution is -2.03. The number of ether oxygens (including phenoxy) is 1. The van der Waals surface area contributed by atoms with Gasteiger partial charge in [0.25, 0.3) is 0 Å². The molecule has 112 valence electrons. The highest BCUT2D eigenvalue weighted by Gasteiger charge is 2.12. The topological polar surface area (TPSA) is 38.3 Å². The number of methoxy groups -OCH3 is 1. The summed E-state index contributed by atoms with van der Waals surface area (Å²) >= 11 is 1.33. The van der Waals surface area contributed by atoms with Crippen molar-refractivity contribution in [1.82, 2.24) is 0 Å². The molecule has 0 fully saturated rings. The van der Waals surface area contributed by atoms with Crippen molar-refractivity contribution in [2.45, 2.75) is 13.0 Å². The standard InChI is InChI=1S/C14H12F3NO2S/c1-20-13(19)6-9-2-3-10(21-9)7-18-14-11(16)4-8(15)5-12(14)17/h2-5,18H,6-7H2,1H3. The van der Waals surface area contributed by atoms with Gasteiger partial charge in [-0.1, -0.05) is 0 Å². The van der Waals surface area contributed by atoms with Gasteiger partial charge in [-0.15, -0.1) is 11.3 Å². The maximum Gasteiger partial charge on any atom is 0.310 e. The number of esters is 1. The number of thiophene rings is 1. The van der Waals surface area contributed by atoms with Crippen molar-refractivity contribution >= 4 is 23.0 Å². The molecule has 0 aliphatic carbocycles. The van der Waals surface area contributed by atoms with Gasteiger partial charge in [-0.05, 0) is 12.1 Å². The van der Waals surface area contributed by atoms with Crippen molar-refractivity contribution in [2.75, 3.05) is 12.4 Å². The highest BCUT2D eigenvalue weighted by Crippen LogP contribution is 2.23. The zero-order valence-electron chi connectivity index (χ0n) is 11.1. The number of anilines is 1. The smallest absolute Gasteiger partial charge is 0.310 e. The summed E-state index contributed by atoms with van der Waals surface area (Å²) in [4.78, 5) is 12.7. The molecule has 0 saturated carbocycles. The van der Waals surface area contributed by atoms with Crippen LogP contribution in [0.3, 0.4) is 0 Å². The fourth-order valence-electron chi connectivity index (χ4n) is 1.71. The molecule has 0 radical (unpaired) electrons. The van der Waals surface area contributed by atoms with Crippen LogP contribution in [0.15, 0.2) is 24.3 Å². The minimum Gasteiger partial charge on any atom is -0.469 e.